The molecule has 3 aromatic rings. The summed E-state index contributed by atoms with van der Waals surface area (Å²) >= 11 is 12.4. The van der Waals surface area contributed by atoms with Gasteiger partial charge in [-0.1, -0.05) is 54.4 Å². The average Bonchev–Trinajstić information content (AvgIpc) is 2.87. The number of hydrazone groups is 1. The third-order valence-electron chi connectivity index (χ3n) is 5.19. The molecule has 0 saturated carbocycles. The van der Waals surface area contributed by atoms with E-state index in [1.165, 1.54) is 7.11 Å². The van der Waals surface area contributed by atoms with Crippen LogP contribution in [0, 0.1) is 0 Å². The molecule has 0 aliphatic carbocycles. The first-order valence-corrected chi connectivity index (χ1v) is 11.6. The van der Waals surface area contributed by atoms with Gasteiger partial charge in [0, 0.05) is 26.9 Å². The van der Waals surface area contributed by atoms with Crippen molar-refractivity contribution in [2.45, 2.75) is 26.9 Å². The Hall–Kier alpha value is -3.55. The van der Waals surface area contributed by atoms with Crippen molar-refractivity contribution in [1.82, 2.24) is 5.43 Å². The summed E-state index contributed by atoms with van der Waals surface area (Å²) in [4.78, 5) is 24.5. The van der Waals surface area contributed by atoms with Crippen molar-refractivity contribution < 1.29 is 19.1 Å². The third-order valence-corrected chi connectivity index (χ3v) is 5.90. The van der Waals surface area contributed by atoms with E-state index in [4.69, 9.17) is 32.7 Å². The molecule has 0 unspecified atom stereocenters. The van der Waals surface area contributed by atoms with E-state index in [0.717, 1.165) is 12.0 Å². The molecule has 0 atom stereocenters. The Bertz CT molecular complexity index is 1240. The molecule has 3 rings (SSSR count). The summed E-state index contributed by atoms with van der Waals surface area (Å²) in [6.07, 6.45) is 0.725. The van der Waals surface area contributed by atoms with Gasteiger partial charge in [0.2, 0.25) is 0 Å². The van der Waals surface area contributed by atoms with Crippen LogP contribution in [-0.4, -0.2) is 24.6 Å². The molecule has 0 spiro atoms. The Morgan fingerprint density at radius 1 is 0.943 bits per heavy atom. The molecular weight excluding hydrogens is 489 g/mol. The summed E-state index contributed by atoms with van der Waals surface area (Å²) in [5, 5.41) is 7.67. The van der Waals surface area contributed by atoms with Gasteiger partial charge >= 0.3 is 11.8 Å². The number of nitrogens with one attached hydrogen (secondary N) is 2. The molecule has 3 aromatic carbocycles. The summed E-state index contributed by atoms with van der Waals surface area (Å²) in [5.74, 6) is -0.737. The molecule has 0 fully saturated rings. The van der Waals surface area contributed by atoms with E-state index in [-0.39, 0.29) is 6.61 Å². The van der Waals surface area contributed by atoms with E-state index in [2.05, 4.69) is 15.8 Å². The number of hydrogen-bond donors (Lipinski definition) is 2. The van der Waals surface area contributed by atoms with Crippen LogP contribution in [0.1, 0.15) is 30.5 Å². The third kappa shape index (κ3) is 6.74. The number of aryl methyl sites for hydroxylation is 1. The van der Waals surface area contributed by atoms with E-state index < -0.39 is 11.8 Å². The van der Waals surface area contributed by atoms with Crippen LogP contribution in [0.3, 0.4) is 0 Å². The van der Waals surface area contributed by atoms with Gasteiger partial charge in [0.15, 0.2) is 11.5 Å². The molecule has 2 N–H and O–H groups in total. The van der Waals surface area contributed by atoms with Crippen molar-refractivity contribution >= 4 is 46.4 Å². The monoisotopic (exact) mass is 513 g/mol. The number of methoxy groups -OCH3 is 1. The van der Waals surface area contributed by atoms with E-state index in [1.54, 1.807) is 55.5 Å². The molecule has 0 aliphatic heterocycles. The molecule has 9 heteroatoms. The first-order valence-electron chi connectivity index (χ1n) is 10.8. The zero-order valence-corrected chi connectivity index (χ0v) is 21.0. The lowest BCUT2D eigenvalue weighted by molar-refractivity contribution is -0.136. The van der Waals surface area contributed by atoms with Crippen LogP contribution in [0.25, 0.3) is 0 Å². The zero-order valence-electron chi connectivity index (χ0n) is 19.5. The molecule has 0 aliphatic rings. The first kappa shape index (κ1) is 26.1. The number of carbonyl (C=O) groups is 2. The lowest BCUT2D eigenvalue weighted by atomic mass is 10.1. The average molecular weight is 514 g/mol. The molecule has 7 nitrogen and oxygen atoms in total. The summed E-state index contributed by atoms with van der Waals surface area (Å²) in [6.45, 7) is 3.83. The van der Waals surface area contributed by atoms with Crippen LogP contribution in [0.2, 0.25) is 10.0 Å². The zero-order chi connectivity index (χ0) is 25.4. The maximum absolute atomic E-state index is 12.3. The smallest absolute Gasteiger partial charge is 0.329 e. The van der Waals surface area contributed by atoms with Gasteiger partial charge in [0.1, 0.15) is 6.61 Å². The Labute approximate surface area is 214 Å². The summed E-state index contributed by atoms with van der Waals surface area (Å²) in [5.41, 5.74) is 5.62. The number of nitrogens with zero attached hydrogens (tertiary/aromatic N) is 1. The second-order valence-corrected chi connectivity index (χ2v) is 8.27. The predicted octanol–water partition coefficient (Wildman–Crippen LogP) is 5.62. The lowest BCUT2D eigenvalue weighted by Gasteiger charge is -2.14. The van der Waals surface area contributed by atoms with E-state index >= 15 is 0 Å². The molecule has 0 heterocycles. The Morgan fingerprint density at radius 3 is 2.34 bits per heavy atom. The first-order chi connectivity index (χ1) is 16.8. The van der Waals surface area contributed by atoms with Crippen LogP contribution >= 0.6 is 23.2 Å². The second kappa shape index (κ2) is 12.2. The fourth-order valence-electron chi connectivity index (χ4n) is 3.21. The van der Waals surface area contributed by atoms with Crippen molar-refractivity contribution in [3.05, 3.63) is 87.4 Å². The largest absolute Gasteiger partial charge is 0.493 e. The number of para-hydroxylation sites is 1. The van der Waals surface area contributed by atoms with Gasteiger partial charge in [-0.25, -0.2) is 5.43 Å². The normalized spacial score (nSPS) is 11.1. The molecule has 0 bridgehead atoms. The highest BCUT2D eigenvalue weighted by Crippen LogP contribution is 2.31. The van der Waals surface area contributed by atoms with Gasteiger partial charge in [-0.05, 0) is 55.3 Å². The second-order valence-electron chi connectivity index (χ2n) is 7.46. The summed E-state index contributed by atoms with van der Waals surface area (Å²) in [7, 11) is 1.52. The minimum absolute atomic E-state index is 0.160. The quantitative estimate of drug-likeness (QED) is 0.232. The number of anilines is 1. The fourth-order valence-corrected chi connectivity index (χ4v) is 3.72. The van der Waals surface area contributed by atoms with Crippen molar-refractivity contribution in [3.8, 4) is 11.5 Å². The number of halogens is 2. The van der Waals surface area contributed by atoms with Crippen LogP contribution < -0.4 is 20.2 Å². The van der Waals surface area contributed by atoms with Gasteiger partial charge in [-0.2, -0.15) is 5.10 Å². The lowest BCUT2D eigenvalue weighted by Crippen LogP contribution is -2.33. The highest BCUT2D eigenvalue weighted by atomic mass is 35.5. The number of amides is 2. The maximum atomic E-state index is 12.3. The van der Waals surface area contributed by atoms with Crippen LogP contribution in [0.4, 0.5) is 5.69 Å². The van der Waals surface area contributed by atoms with Crippen molar-refractivity contribution in [2.75, 3.05) is 12.4 Å². The van der Waals surface area contributed by atoms with Gasteiger partial charge in [0.05, 0.1) is 12.8 Å². The number of rotatable bonds is 8. The Kier molecular flexibility index (Phi) is 9.11. The molecule has 2 amide bonds. The highest BCUT2D eigenvalue weighted by Gasteiger charge is 2.15. The van der Waals surface area contributed by atoms with Crippen molar-refractivity contribution in [3.63, 3.8) is 0 Å². The molecular formula is C26H25Cl2N3O4. The van der Waals surface area contributed by atoms with Gasteiger partial charge in [-0.15, -0.1) is 0 Å². The van der Waals surface area contributed by atoms with E-state index in [0.29, 0.717) is 44.1 Å². The Balaban J connectivity index is 1.66. The molecule has 35 heavy (non-hydrogen) atoms. The SMILES string of the molecule is CCc1ccccc1NC(=O)C(=O)NN=C(C)c1ccc(OCc2c(Cl)cccc2Cl)c(OC)c1. The molecule has 0 saturated heterocycles. The summed E-state index contributed by atoms with van der Waals surface area (Å²) < 4.78 is 11.3. The Morgan fingerprint density at radius 2 is 1.66 bits per heavy atom. The minimum Gasteiger partial charge on any atom is -0.493 e. The topological polar surface area (TPSA) is 89.0 Å². The van der Waals surface area contributed by atoms with Crippen LogP contribution in [0.15, 0.2) is 65.8 Å². The molecule has 0 radical (unpaired) electrons. The number of benzene rings is 3. The maximum Gasteiger partial charge on any atom is 0.329 e. The van der Waals surface area contributed by atoms with Crippen molar-refractivity contribution in [1.29, 1.82) is 0 Å². The van der Waals surface area contributed by atoms with Gasteiger partial charge < -0.3 is 14.8 Å². The van der Waals surface area contributed by atoms with Crippen molar-refractivity contribution in [2.24, 2.45) is 5.10 Å². The van der Waals surface area contributed by atoms with Crippen LogP contribution in [-0.2, 0) is 22.6 Å². The number of carbonyl (C=O) groups excluding carboxylic acids is 2. The van der Waals surface area contributed by atoms with E-state index in [1.807, 2.05) is 19.1 Å². The molecule has 0 aromatic heterocycles. The standard InChI is InChI=1S/C26H25Cl2N3O4/c1-4-17-8-5-6-11-22(17)29-25(32)26(33)31-30-16(2)18-12-13-23(24(14-18)34-3)35-15-19-20(27)9-7-10-21(19)28/h5-14H,4,15H2,1-3H3,(H,29,32)(H,31,33). The number of ether oxygens (including phenoxy) is 2. The molecule has 182 valence electrons. The van der Waals surface area contributed by atoms with E-state index in [9.17, 15) is 9.59 Å². The minimum atomic E-state index is -0.876. The highest BCUT2D eigenvalue weighted by molar-refractivity contribution is 6.39. The summed E-state index contributed by atoms with van der Waals surface area (Å²) in [6, 6.07) is 17.7. The van der Waals surface area contributed by atoms with Crippen LogP contribution in [0.5, 0.6) is 11.5 Å². The number of hydrogen-bond acceptors (Lipinski definition) is 5. The predicted molar refractivity (Wildman–Crippen MR) is 139 cm³/mol. The fraction of sp³-hybridized carbons (Fsp3) is 0.192. The van der Waals surface area contributed by atoms with Gasteiger partial charge in [-0.3, -0.25) is 9.59 Å². The van der Waals surface area contributed by atoms with Gasteiger partial charge in [0.25, 0.3) is 0 Å².